The van der Waals surface area contributed by atoms with E-state index in [-0.39, 0.29) is 0 Å². The van der Waals surface area contributed by atoms with E-state index in [0.29, 0.717) is 0 Å². The maximum atomic E-state index is 5.46. The zero-order valence-corrected chi connectivity index (χ0v) is 9.65. The van der Waals surface area contributed by atoms with E-state index < -0.39 is 0 Å². The molecule has 0 radical (unpaired) electrons. The lowest BCUT2D eigenvalue weighted by Gasteiger charge is -1.96. The maximum Gasteiger partial charge on any atom is 0.0226 e. The molecule has 0 fully saturated rings. The summed E-state index contributed by atoms with van der Waals surface area (Å²) in [5, 5.41) is 5.46. The van der Waals surface area contributed by atoms with Crippen molar-refractivity contribution in [3.05, 3.63) is 65.7 Å². The van der Waals surface area contributed by atoms with Gasteiger partial charge in [0.25, 0.3) is 0 Å². The predicted octanol–water partition coefficient (Wildman–Crippen LogP) is 3.82. The zero-order valence-electron chi connectivity index (χ0n) is 8.84. The molecular weight excluding hydrogens is 214 g/mol. The van der Waals surface area contributed by atoms with E-state index in [1.54, 1.807) is 0 Å². The minimum absolute atomic E-state index is 1.08. The van der Waals surface area contributed by atoms with Gasteiger partial charge in [0.2, 0.25) is 0 Å². The summed E-state index contributed by atoms with van der Waals surface area (Å²) in [4.78, 5) is 1.08. The molecule has 16 heavy (non-hydrogen) atoms. The summed E-state index contributed by atoms with van der Waals surface area (Å²) in [6.45, 7) is 0. The molecule has 2 heteroatoms. The summed E-state index contributed by atoms with van der Waals surface area (Å²) >= 11 is 1.27. The van der Waals surface area contributed by atoms with Crippen LogP contribution in [0.15, 0.2) is 59.5 Å². The van der Waals surface area contributed by atoms with Gasteiger partial charge in [0.1, 0.15) is 0 Å². The highest BCUT2D eigenvalue weighted by molar-refractivity contribution is 7.97. The van der Waals surface area contributed by atoms with E-state index in [1.807, 2.05) is 30.3 Å². The van der Waals surface area contributed by atoms with Crippen molar-refractivity contribution < 1.29 is 0 Å². The summed E-state index contributed by atoms with van der Waals surface area (Å²) in [6.07, 6.45) is 4.20. The van der Waals surface area contributed by atoms with Gasteiger partial charge in [-0.3, -0.25) is 5.14 Å². The Kier molecular flexibility index (Phi) is 3.81. The first kappa shape index (κ1) is 11.0. The monoisotopic (exact) mass is 227 g/mol. The van der Waals surface area contributed by atoms with Gasteiger partial charge in [0, 0.05) is 4.90 Å². The quantitative estimate of drug-likeness (QED) is 0.637. The number of benzene rings is 2. The Hall–Kier alpha value is -1.51. The van der Waals surface area contributed by atoms with Crippen molar-refractivity contribution in [1.29, 1.82) is 0 Å². The Bertz CT molecular complexity index is 460. The second kappa shape index (κ2) is 5.54. The molecule has 0 aromatic heterocycles. The first-order chi connectivity index (χ1) is 7.88. The fourth-order valence-corrected chi connectivity index (χ4v) is 1.71. The molecule has 0 saturated heterocycles. The molecule has 80 valence electrons. The van der Waals surface area contributed by atoms with Crippen LogP contribution in [0, 0.1) is 0 Å². The van der Waals surface area contributed by atoms with Crippen LogP contribution in [0.2, 0.25) is 0 Å². The van der Waals surface area contributed by atoms with Crippen molar-refractivity contribution in [1.82, 2.24) is 0 Å². The maximum absolute atomic E-state index is 5.46. The molecule has 0 spiro atoms. The van der Waals surface area contributed by atoms with Gasteiger partial charge in [0.15, 0.2) is 0 Å². The third-order valence-corrected chi connectivity index (χ3v) is 2.83. The minimum Gasteiger partial charge on any atom is -0.274 e. The van der Waals surface area contributed by atoms with E-state index in [2.05, 4.69) is 36.4 Å². The lowest BCUT2D eigenvalue weighted by Crippen LogP contribution is -1.79. The van der Waals surface area contributed by atoms with Crippen molar-refractivity contribution >= 4 is 24.1 Å². The number of rotatable bonds is 3. The first-order valence-electron chi connectivity index (χ1n) is 5.08. The van der Waals surface area contributed by atoms with Crippen LogP contribution in [-0.2, 0) is 0 Å². The van der Waals surface area contributed by atoms with Crippen molar-refractivity contribution in [2.45, 2.75) is 4.90 Å². The summed E-state index contributed by atoms with van der Waals surface area (Å²) in [6, 6.07) is 18.4. The van der Waals surface area contributed by atoms with Gasteiger partial charge in [-0.25, -0.2) is 0 Å². The fourth-order valence-electron chi connectivity index (χ4n) is 1.41. The summed E-state index contributed by atoms with van der Waals surface area (Å²) < 4.78 is 0. The second-order valence-electron chi connectivity index (χ2n) is 3.43. The lowest BCUT2D eigenvalue weighted by atomic mass is 10.1. The number of hydrogen-bond acceptors (Lipinski definition) is 2. The molecular formula is C14H13NS. The van der Waals surface area contributed by atoms with Crippen LogP contribution < -0.4 is 5.14 Å². The molecule has 0 heterocycles. The predicted molar refractivity (Wildman–Crippen MR) is 71.9 cm³/mol. The van der Waals surface area contributed by atoms with Crippen molar-refractivity contribution in [3.63, 3.8) is 0 Å². The topological polar surface area (TPSA) is 26.0 Å². The minimum atomic E-state index is 1.08. The number of hydrogen-bond donors (Lipinski definition) is 1. The molecule has 0 aliphatic heterocycles. The van der Waals surface area contributed by atoms with Crippen molar-refractivity contribution in [3.8, 4) is 0 Å². The van der Waals surface area contributed by atoms with Gasteiger partial charge >= 0.3 is 0 Å². The SMILES string of the molecule is NSc1ccc(/C=C/c2ccccc2)cc1. The highest BCUT2D eigenvalue weighted by atomic mass is 32.2. The summed E-state index contributed by atoms with van der Waals surface area (Å²) in [5.74, 6) is 0. The molecule has 2 aromatic rings. The van der Waals surface area contributed by atoms with Gasteiger partial charge in [-0.2, -0.15) is 0 Å². The van der Waals surface area contributed by atoms with E-state index in [0.717, 1.165) is 4.90 Å². The third kappa shape index (κ3) is 2.99. The molecule has 2 rings (SSSR count). The zero-order chi connectivity index (χ0) is 11.2. The molecule has 0 amide bonds. The van der Waals surface area contributed by atoms with E-state index in [4.69, 9.17) is 5.14 Å². The van der Waals surface area contributed by atoms with Gasteiger partial charge < -0.3 is 0 Å². The van der Waals surface area contributed by atoms with Crippen LogP contribution in [0.1, 0.15) is 11.1 Å². The summed E-state index contributed by atoms with van der Waals surface area (Å²) in [5.41, 5.74) is 2.39. The van der Waals surface area contributed by atoms with E-state index in [9.17, 15) is 0 Å². The standard InChI is InChI=1S/C14H13NS/c15-16-14-10-8-13(9-11-14)7-6-12-4-2-1-3-5-12/h1-11H,15H2/b7-6+. The van der Waals surface area contributed by atoms with Crippen molar-refractivity contribution in [2.24, 2.45) is 5.14 Å². The Balaban J connectivity index is 2.12. The highest BCUT2D eigenvalue weighted by Crippen LogP contribution is 2.14. The van der Waals surface area contributed by atoms with Gasteiger partial charge in [-0.15, -0.1) is 0 Å². The van der Waals surface area contributed by atoms with Crippen LogP contribution in [0.3, 0.4) is 0 Å². The molecule has 0 bridgehead atoms. The Labute approximate surface area is 100 Å². The summed E-state index contributed by atoms with van der Waals surface area (Å²) in [7, 11) is 0. The molecule has 0 unspecified atom stereocenters. The average Bonchev–Trinajstić information content (AvgIpc) is 2.38. The van der Waals surface area contributed by atoms with Crippen LogP contribution in [0.4, 0.5) is 0 Å². The molecule has 1 nitrogen and oxygen atoms in total. The number of nitrogens with two attached hydrogens (primary N) is 1. The van der Waals surface area contributed by atoms with Crippen LogP contribution >= 0.6 is 11.9 Å². The Morgan fingerprint density at radius 3 is 1.88 bits per heavy atom. The molecule has 0 saturated carbocycles. The average molecular weight is 227 g/mol. The molecule has 2 aromatic carbocycles. The van der Waals surface area contributed by atoms with Crippen LogP contribution in [-0.4, -0.2) is 0 Å². The lowest BCUT2D eigenvalue weighted by molar-refractivity contribution is 1.45. The van der Waals surface area contributed by atoms with Crippen LogP contribution in [0.5, 0.6) is 0 Å². The molecule has 0 atom stereocenters. The second-order valence-corrected chi connectivity index (χ2v) is 4.14. The fraction of sp³-hybridized carbons (Fsp3) is 0. The normalized spacial score (nSPS) is 10.8. The van der Waals surface area contributed by atoms with E-state index >= 15 is 0 Å². The Morgan fingerprint density at radius 1 is 0.750 bits per heavy atom. The van der Waals surface area contributed by atoms with E-state index in [1.165, 1.54) is 23.1 Å². The Morgan fingerprint density at radius 2 is 1.31 bits per heavy atom. The van der Waals surface area contributed by atoms with Crippen molar-refractivity contribution in [2.75, 3.05) is 0 Å². The molecule has 0 aliphatic rings. The molecule has 0 aliphatic carbocycles. The smallest absolute Gasteiger partial charge is 0.0226 e. The van der Waals surface area contributed by atoms with Gasteiger partial charge in [-0.05, 0) is 35.2 Å². The van der Waals surface area contributed by atoms with Gasteiger partial charge in [0.05, 0.1) is 0 Å². The largest absolute Gasteiger partial charge is 0.274 e. The van der Waals surface area contributed by atoms with Crippen LogP contribution in [0.25, 0.3) is 12.2 Å². The van der Waals surface area contributed by atoms with Gasteiger partial charge in [-0.1, -0.05) is 54.6 Å². The molecule has 2 N–H and O–H groups in total. The first-order valence-corrected chi connectivity index (χ1v) is 5.96. The third-order valence-electron chi connectivity index (χ3n) is 2.28. The highest BCUT2D eigenvalue weighted by Gasteiger charge is 1.90.